The van der Waals surface area contributed by atoms with E-state index >= 15 is 0 Å². The van der Waals surface area contributed by atoms with Gasteiger partial charge in [0, 0.05) is 24.3 Å². The second-order valence-corrected chi connectivity index (χ2v) is 9.58. The van der Waals surface area contributed by atoms with E-state index in [1.165, 1.54) is 18.2 Å². The summed E-state index contributed by atoms with van der Waals surface area (Å²) in [7, 11) is -4.04. The average molecular weight is 495 g/mol. The molecule has 0 aliphatic carbocycles. The fraction of sp³-hybridized carbons (Fsp3) is 0.391. The van der Waals surface area contributed by atoms with Crippen molar-refractivity contribution in [1.29, 1.82) is 0 Å². The highest BCUT2D eigenvalue weighted by Crippen LogP contribution is 2.27. The minimum absolute atomic E-state index is 0.00556. The number of anilines is 1. The van der Waals surface area contributed by atoms with E-state index in [9.17, 15) is 18.0 Å². The van der Waals surface area contributed by atoms with Crippen LogP contribution in [-0.2, 0) is 19.6 Å². The highest BCUT2D eigenvalue weighted by Gasteiger charge is 2.29. The summed E-state index contributed by atoms with van der Waals surface area (Å²) in [5.74, 6) is -0.164. The summed E-state index contributed by atoms with van der Waals surface area (Å²) in [6.07, 6.45) is 1.01. The third-order valence-corrected chi connectivity index (χ3v) is 7.15. The molecule has 0 aromatic heterocycles. The highest BCUT2D eigenvalue weighted by molar-refractivity contribution is 7.92. The lowest BCUT2D eigenvalue weighted by Crippen LogP contribution is -2.40. The molecule has 2 aromatic rings. The van der Waals surface area contributed by atoms with Gasteiger partial charge in [-0.25, -0.2) is 8.42 Å². The molecule has 0 atom stereocenters. The maximum Gasteiger partial charge on any atom is 0.309 e. The van der Waals surface area contributed by atoms with Crippen LogP contribution in [0.2, 0.25) is 5.02 Å². The van der Waals surface area contributed by atoms with Gasteiger partial charge < -0.3 is 14.4 Å². The lowest BCUT2D eigenvalue weighted by atomic mass is 9.96. The second kappa shape index (κ2) is 10.9. The summed E-state index contributed by atoms with van der Waals surface area (Å²) in [6.45, 7) is 5.21. The Morgan fingerprint density at radius 3 is 2.33 bits per heavy atom. The molecule has 10 heteroatoms. The van der Waals surface area contributed by atoms with Crippen LogP contribution in [0.3, 0.4) is 0 Å². The molecular formula is C23H27ClN2O6S. The number of amides is 1. The van der Waals surface area contributed by atoms with Crippen LogP contribution >= 0.6 is 11.6 Å². The first-order chi connectivity index (χ1) is 15.7. The Morgan fingerprint density at radius 2 is 1.73 bits per heavy atom. The number of hydrogen-bond acceptors (Lipinski definition) is 6. The van der Waals surface area contributed by atoms with Gasteiger partial charge in [-0.3, -0.25) is 14.3 Å². The summed E-state index contributed by atoms with van der Waals surface area (Å²) in [6, 6.07) is 10.6. The normalized spacial score (nSPS) is 14.6. The number of esters is 1. The van der Waals surface area contributed by atoms with E-state index < -0.39 is 10.0 Å². The van der Waals surface area contributed by atoms with Crippen molar-refractivity contribution in [3.63, 3.8) is 0 Å². The van der Waals surface area contributed by atoms with Gasteiger partial charge in [0.25, 0.3) is 15.9 Å². The van der Waals surface area contributed by atoms with Gasteiger partial charge in [-0.05, 0) is 69.2 Å². The van der Waals surface area contributed by atoms with Crippen molar-refractivity contribution in [3.8, 4) is 5.75 Å². The number of rotatable bonds is 8. The molecule has 178 valence electrons. The first-order valence-corrected chi connectivity index (χ1v) is 12.6. The molecule has 2 aromatic carbocycles. The van der Waals surface area contributed by atoms with Crippen LogP contribution in [0.1, 0.15) is 37.0 Å². The van der Waals surface area contributed by atoms with Crippen molar-refractivity contribution in [2.75, 3.05) is 31.0 Å². The third-order valence-electron chi connectivity index (χ3n) is 5.29. The number of sulfonamides is 1. The summed E-state index contributed by atoms with van der Waals surface area (Å²) >= 11 is 6.17. The molecule has 0 saturated carbocycles. The van der Waals surface area contributed by atoms with Crippen molar-refractivity contribution >= 4 is 39.2 Å². The van der Waals surface area contributed by atoms with Crippen LogP contribution in [0.4, 0.5) is 5.69 Å². The zero-order valence-corrected chi connectivity index (χ0v) is 20.1. The van der Waals surface area contributed by atoms with Crippen molar-refractivity contribution in [2.45, 2.75) is 31.6 Å². The van der Waals surface area contributed by atoms with E-state index in [0.29, 0.717) is 50.6 Å². The number of nitrogens with zero attached hydrogens (tertiary/aromatic N) is 1. The van der Waals surface area contributed by atoms with E-state index in [-0.39, 0.29) is 33.3 Å². The smallest absolute Gasteiger partial charge is 0.309 e. The number of piperidine rings is 1. The van der Waals surface area contributed by atoms with Gasteiger partial charge in [0.15, 0.2) is 0 Å². The predicted molar refractivity (Wildman–Crippen MR) is 125 cm³/mol. The van der Waals surface area contributed by atoms with Crippen LogP contribution in [0.25, 0.3) is 0 Å². The van der Waals surface area contributed by atoms with Crippen LogP contribution in [0, 0.1) is 5.92 Å². The number of benzene rings is 2. The van der Waals surface area contributed by atoms with Crippen LogP contribution in [0.15, 0.2) is 47.4 Å². The lowest BCUT2D eigenvalue weighted by molar-refractivity contribution is -0.149. The molecule has 1 amide bonds. The van der Waals surface area contributed by atoms with Gasteiger partial charge in [-0.15, -0.1) is 0 Å². The number of nitrogens with one attached hydrogen (secondary N) is 1. The molecular weight excluding hydrogens is 468 g/mol. The number of halogens is 1. The van der Waals surface area contributed by atoms with Crippen LogP contribution in [0.5, 0.6) is 5.75 Å². The number of hydrogen-bond donors (Lipinski definition) is 1. The quantitative estimate of drug-likeness (QED) is 0.557. The largest absolute Gasteiger partial charge is 0.494 e. The molecule has 1 fully saturated rings. The van der Waals surface area contributed by atoms with E-state index in [1.807, 2.05) is 6.92 Å². The van der Waals surface area contributed by atoms with Gasteiger partial charge >= 0.3 is 5.97 Å². The standard InChI is InChI=1S/C23H27ClN2O6S/c1-3-31-19-8-6-18(7-9-19)25-33(29,30)21-15-17(5-10-20(21)24)22(27)26-13-11-16(12-14-26)23(28)32-4-2/h5-10,15-16,25H,3-4,11-14H2,1-2H3. The number of carbonyl (C=O) groups is 2. The summed E-state index contributed by atoms with van der Waals surface area (Å²) in [5.41, 5.74) is 0.549. The van der Waals surface area contributed by atoms with Crippen molar-refractivity contribution in [3.05, 3.63) is 53.1 Å². The monoisotopic (exact) mass is 494 g/mol. The Hall–Kier alpha value is -2.78. The predicted octanol–water partition coefficient (Wildman–Crippen LogP) is 3.95. The molecule has 1 saturated heterocycles. The van der Waals surface area contributed by atoms with Crippen molar-refractivity contribution < 1.29 is 27.5 Å². The molecule has 0 spiro atoms. The Morgan fingerprint density at radius 1 is 1.06 bits per heavy atom. The first kappa shape index (κ1) is 24.9. The molecule has 8 nitrogen and oxygen atoms in total. The minimum Gasteiger partial charge on any atom is -0.494 e. The zero-order valence-electron chi connectivity index (χ0n) is 18.5. The van der Waals surface area contributed by atoms with Gasteiger partial charge in [0.2, 0.25) is 0 Å². The minimum atomic E-state index is -4.04. The molecule has 0 radical (unpaired) electrons. The van der Waals surface area contributed by atoms with Crippen LogP contribution < -0.4 is 9.46 Å². The van der Waals surface area contributed by atoms with Gasteiger partial charge in [-0.1, -0.05) is 11.6 Å². The molecule has 33 heavy (non-hydrogen) atoms. The van der Waals surface area contributed by atoms with Crippen LogP contribution in [-0.4, -0.2) is 51.5 Å². The maximum atomic E-state index is 13.0. The topological polar surface area (TPSA) is 102 Å². The SMILES string of the molecule is CCOC(=O)C1CCN(C(=O)c2ccc(Cl)c(S(=O)(=O)Nc3ccc(OCC)cc3)c2)CC1. The highest BCUT2D eigenvalue weighted by atomic mass is 35.5. The van der Waals surface area contributed by atoms with Gasteiger partial charge in [0.1, 0.15) is 10.6 Å². The van der Waals surface area contributed by atoms with E-state index in [4.69, 9.17) is 21.1 Å². The fourth-order valence-corrected chi connectivity index (χ4v) is 5.18. The number of carbonyl (C=O) groups excluding carboxylic acids is 2. The summed E-state index contributed by atoms with van der Waals surface area (Å²) < 4.78 is 38.8. The number of likely N-dealkylation sites (tertiary alicyclic amines) is 1. The summed E-state index contributed by atoms with van der Waals surface area (Å²) in [5, 5.41) is 0.00556. The Balaban J connectivity index is 1.73. The fourth-order valence-electron chi connectivity index (χ4n) is 3.60. The average Bonchev–Trinajstić information content (AvgIpc) is 2.80. The second-order valence-electron chi connectivity index (χ2n) is 7.53. The van der Waals surface area contributed by atoms with Crippen molar-refractivity contribution in [2.24, 2.45) is 5.92 Å². The molecule has 0 unspecified atom stereocenters. The van der Waals surface area contributed by atoms with E-state index in [2.05, 4.69) is 4.72 Å². The van der Waals surface area contributed by atoms with Gasteiger partial charge in [-0.2, -0.15) is 0 Å². The molecule has 3 rings (SSSR count). The van der Waals surface area contributed by atoms with Crippen molar-refractivity contribution in [1.82, 2.24) is 4.90 Å². The third kappa shape index (κ3) is 6.17. The Kier molecular flexibility index (Phi) is 8.20. The Bertz CT molecular complexity index is 1100. The van der Waals surface area contributed by atoms with E-state index in [0.717, 1.165) is 0 Å². The maximum absolute atomic E-state index is 13.0. The molecule has 1 N–H and O–H groups in total. The van der Waals surface area contributed by atoms with E-state index in [1.54, 1.807) is 36.1 Å². The molecule has 1 heterocycles. The zero-order chi connectivity index (χ0) is 24.0. The Labute approximate surface area is 198 Å². The number of ether oxygens (including phenoxy) is 2. The summed E-state index contributed by atoms with van der Waals surface area (Å²) in [4.78, 5) is 26.3. The molecule has 1 aliphatic rings. The van der Waals surface area contributed by atoms with Gasteiger partial charge in [0.05, 0.1) is 24.2 Å². The molecule has 1 aliphatic heterocycles. The molecule has 0 bridgehead atoms. The first-order valence-electron chi connectivity index (χ1n) is 10.8. The lowest BCUT2D eigenvalue weighted by Gasteiger charge is -2.31.